The first-order chi connectivity index (χ1) is 6.50. The summed E-state index contributed by atoms with van der Waals surface area (Å²) in [6, 6.07) is 5.25. The van der Waals surface area contributed by atoms with Crippen LogP contribution in [0.2, 0.25) is 0 Å². The van der Waals surface area contributed by atoms with Crippen molar-refractivity contribution in [2.24, 2.45) is 0 Å². The monoisotopic (exact) mass is 194 g/mol. The summed E-state index contributed by atoms with van der Waals surface area (Å²) >= 11 is 0. The molecule has 0 amide bonds. The third-order valence-corrected chi connectivity index (χ3v) is 2.53. The maximum Gasteiger partial charge on any atom is 0.193 e. The highest BCUT2D eigenvalue weighted by Gasteiger charge is 2.36. The number of fused-ring (bicyclic) bond motifs is 1. The van der Waals surface area contributed by atoms with E-state index in [0.717, 1.165) is 12.0 Å². The Hall–Kier alpha value is -1.06. The molecule has 1 aromatic rings. The molecule has 1 heterocycles. The molecule has 0 fully saturated rings. The molecule has 0 aliphatic carbocycles. The van der Waals surface area contributed by atoms with Crippen LogP contribution in [0.5, 0.6) is 5.75 Å². The van der Waals surface area contributed by atoms with Crippen LogP contribution in [-0.4, -0.2) is 16.3 Å². The van der Waals surface area contributed by atoms with Crippen LogP contribution in [0.3, 0.4) is 0 Å². The predicted octanol–water partition coefficient (Wildman–Crippen LogP) is 1.52. The summed E-state index contributed by atoms with van der Waals surface area (Å²) in [7, 11) is 0. The minimum absolute atomic E-state index is 0.0284. The molecule has 14 heavy (non-hydrogen) atoms. The summed E-state index contributed by atoms with van der Waals surface area (Å²) in [6.45, 7) is 3.46. The molecule has 76 valence electrons. The number of aromatic hydroxyl groups is 1. The van der Waals surface area contributed by atoms with Gasteiger partial charge in [0.15, 0.2) is 5.79 Å². The van der Waals surface area contributed by atoms with Crippen LogP contribution in [0.1, 0.15) is 25.0 Å². The van der Waals surface area contributed by atoms with Crippen molar-refractivity contribution >= 4 is 0 Å². The minimum atomic E-state index is -1.38. The second-order valence-corrected chi connectivity index (χ2v) is 3.93. The fourth-order valence-corrected chi connectivity index (χ4v) is 2.09. The molecule has 1 aliphatic rings. The molecule has 0 radical (unpaired) electrons. The Morgan fingerprint density at radius 3 is 2.93 bits per heavy atom. The largest absolute Gasteiger partial charge is 0.507 e. The van der Waals surface area contributed by atoms with E-state index in [-0.39, 0.29) is 11.9 Å². The topological polar surface area (TPSA) is 49.7 Å². The Labute approximate surface area is 83.0 Å². The van der Waals surface area contributed by atoms with Crippen LogP contribution in [0.15, 0.2) is 18.2 Å². The fraction of sp³-hybridized carbons (Fsp3) is 0.455. The molecule has 0 saturated heterocycles. The highest BCUT2D eigenvalue weighted by atomic mass is 16.6. The molecule has 2 unspecified atom stereocenters. The standard InChI is InChI=1S/C11H14O3/c1-7-6-8-4-3-5-9(12)10(8)11(2,13)14-7/h3-5,7,12-13H,6H2,1-2H3. The van der Waals surface area contributed by atoms with Crippen LogP contribution < -0.4 is 0 Å². The molecule has 0 saturated carbocycles. The Morgan fingerprint density at radius 2 is 2.21 bits per heavy atom. The van der Waals surface area contributed by atoms with Gasteiger partial charge >= 0.3 is 0 Å². The molecule has 3 nitrogen and oxygen atoms in total. The third-order valence-electron chi connectivity index (χ3n) is 2.53. The zero-order valence-corrected chi connectivity index (χ0v) is 8.32. The first-order valence-corrected chi connectivity index (χ1v) is 4.72. The molecule has 2 N–H and O–H groups in total. The lowest BCUT2D eigenvalue weighted by molar-refractivity contribution is -0.231. The van der Waals surface area contributed by atoms with Crippen molar-refractivity contribution in [2.45, 2.75) is 32.2 Å². The number of aliphatic hydroxyl groups is 1. The van der Waals surface area contributed by atoms with Gasteiger partial charge in [0.05, 0.1) is 11.7 Å². The summed E-state index contributed by atoms with van der Waals surface area (Å²) in [5.74, 6) is -1.28. The van der Waals surface area contributed by atoms with E-state index >= 15 is 0 Å². The fourth-order valence-electron chi connectivity index (χ4n) is 2.09. The minimum Gasteiger partial charge on any atom is -0.507 e. The summed E-state index contributed by atoms with van der Waals surface area (Å²) in [6.07, 6.45) is 0.694. The number of rotatable bonds is 0. The van der Waals surface area contributed by atoms with Crippen molar-refractivity contribution in [1.82, 2.24) is 0 Å². The maximum absolute atomic E-state index is 10.00. The molecule has 0 bridgehead atoms. The SMILES string of the molecule is CC1Cc2cccc(O)c2C(C)(O)O1. The van der Waals surface area contributed by atoms with E-state index in [4.69, 9.17) is 4.74 Å². The maximum atomic E-state index is 10.00. The van der Waals surface area contributed by atoms with Crippen LogP contribution in [0, 0.1) is 0 Å². The normalized spacial score (nSPS) is 31.2. The highest BCUT2D eigenvalue weighted by Crippen LogP contribution is 2.38. The van der Waals surface area contributed by atoms with Gasteiger partial charge in [-0.15, -0.1) is 0 Å². The molecule has 1 aromatic carbocycles. The van der Waals surface area contributed by atoms with Gasteiger partial charge in [-0.1, -0.05) is 12.1 Å². The molecule has 0 aromatic heterocycles. The second kappa shape index (κ2) is 2.97. The Bertz CT molecular complexity index is 358. The van der Waals surface area contributed by atoms with E-state index in [2.05, 4.69) is 0 Å². The van der Waals surface area contributed by atoms with E-state index in [1.807, 2.05) is 13.0 Å². The van der Waals surface area contributed by atoms with Crippen LogP contribution in [0.4, 0.5) is 0 Å². The summed E-state index contributed by atoms with van der Waals surface area (Å²) in [4.78, 5) is 0. The Kier molecular flexibility index (Phi) is 2.01. The number of phenols is 1. The molecular formula is C11H14O3. The third kappa shape index (κ3) is 1.38. The van der Waals surface area contributed by atoms with Gasteiger partial charge in [-0.05, 0) is 31.9 Å². The van der Waals surface area contributed by atoms with Crippen LogP contribution in [-0.2, 0) is 16.9 Å². The van der Waals surface area contributed by atoms with E-state index in [1.165, 1.54) is 0 Å². The zero-order chi connectivity index (χ0) is 10.3. The number of ether oxygens (including phenoxy) is 1. The van der Waals surface area contributed by atoms with Crippen LogP contribution in [0.25, 0.3) is 0 Å². The summed E-state index contributed by atoms with van der Waals surface area (Å²) in [5.41, 5.74) is 1.45. The van der Waals surface area contributed by atoms with Crippen molar-refractivity contribution in [3.63, 3.8) is 0 Å². The van der Waals surface area contributed by atoms with Crippen molar-refractivity contribution in [3.05, 3.63) is 29.3 Å². The van der Waals surface area contributed by atoms with Crippen molar-refractivity contribution in [3.8, 4) is 5.75 Å². The number of phenolic OH excluding ortho intramolecular Hbond substituents is 1. The van der Waals surface area contributed by atoms with Gasteiger partial charge in [-0.3, -0.25) is 0 Å². The Balaban J connectivity index is 2.58. The number of hydrogen-bond donors (Lipinski definition) is 2. The van der Waals surface area contributed by atoms with E-state index in [0.29, 0.717) is 5.56 Å². The van der Waals surface area contributed by atoms with Crippen molar-refractivity contribution in [2.75, 3.05) is 0 Å². The number of hydrogen-bond acceptors (Lipinski definition) is 3. The first kappa shape index (κ1) is 9.49. The van der Waals surface area contributed by atoms with Gasteiger partial charge in [0.2, 0.25) is 0 Å². The van der Waals surface area contributed by atoms with E-state index in [9.17, 15) is 10.2 Å². The van der Waals surface area contributed by atoms with Crippen LogP contribution >= 0.6 is 0 Å². The molecule has 1 aliphatic heterocycles. The van der Waals surface area contributed by atoms with Crippen molar-refractivity contribution in [1.29, 1.82) is 0 Å². The lowest BCUT2D eigenvalue weighted by Crippen LogP contribution is -2.36. The van der Waals surface area contributed by atoms with Gasteiger partial charge in [-0.2, -0.15) is 0 Å². The van der Waals surface area contributed by atoms with Gasteiger partial charge in [-0.25, -0.2) is 0 Å². The molecular weight excluding hydrogens is 180 g/mol. The highest BCUT2D eigenvalue weighted by molar-refractivity contribution is 5.43. The van der Waals surface area contributed by atoms with E-state index in [1.54, 1.807) is 19.1 Å². The van der Waals surface area contributed by atoms with Gasteiger partial charge in [0.25, 0.3) is 0 Å². The Morgan fingerprint density at radius 1 is 1.50 bits per heavy atom. The quantitative estimate of drug-likeness (QED) is 0.658. The van der Waals surface area contributed by atoms with Gasteiger partial charge < -0.3 is 14.9 Å². The van der Waals surface area contributed by atoms with Crippen molar-refractivity contribution < 1.29 is 14.9 Å². The molecule has 0 spiro atoms. The van der Waals surface area contributed by atoms with Gasteiger partial charge in [0.1, 0.15) is 5.75 Å². The predicted molar refractivity (Wildman–Crippen MR) is 51.9 cm³/mol. The summed E-state index contributed by atoms with van der Waals surface area (Å²) in [5, 5.41) is 19.6. The van der Waals surface area contributed by atoms with E-state index < -0.39 is 5.79 Å². The lowest BCUT2D eigenvalue weighted by Gasteiger charge is -2.35. The molecule has 2 rings (SSSR count). The average Bonchev–Trinajstić information content (AvgIpc) is 2.00. The first-order valence-electron chi connectivity index (χ1n) is 4.72. The smallest absolute Gasteiger partial charge is 0.193 e. The molecule has 3 heteroatoms. The summed E-state index contributed by atoms with van der Waals surface area (Å²) < 4.78 is 5.38. The van der Waals surface area contributed by atoms with Gasteiger partial charge in [0, 0.05) is 0 Å². The average molecular weight is 194 g/mol. The lowest BCUT2D eigenvalue weighted by atomic mass is 9.92. The number of benzene rings is 1. The zero-order valence-electron chi connectivity index (χ0n) is 8.32. The molecule has 2 atom stereocenters. The second-order valence-electron chi connectivity index (χ2n) is 3.93.